The Labute approximate surface area is 68.9 Å². The van der Waals surface area contributed by atoms with Crippen LogP contribution in [0.4, 0.5) is 0 Å². The van der Waals surface area contributed by atoms with Gasteiger partial charge in [0.2, 0.25) is 0 Å². The van der Waals surface area contributed by atoms with Gasteiger partial charge in [-0.15, -0.1) is 0 Å². The second-order valence-corrected chi connectivity index (χ2v) is 3.88. The van der Waals surface area contributed by atoms with E-state index in [1.165, 1.54) is 0 Å². The molecule has 0 spiro atoms. The van der Waals surface area contributed by atoms with Gasteiger partial charge in [0, 0.05) is 0 Å². The molecule has 0 amide bonds. The molecule has 0 bridgehead atoms. The molecule has 0 saturated carbocycles. The van der Waals surface area contributed by atoms with E-state index in [0.717, 1.165) is 13.2 Å². The fourth-order valence-electron chi connectivity index (χ4n) is 1.31. The van der Waals surface area contributed by atoms with Crippen molar-refractivity contribution in [1.29, 1.82) is 0 Å². The molecule has 0 aromatic carbocycles. The molecule has 2 nitrogen and oxygen atoms in total. The molecule has 1 aliphatic heterocycles. The molecule has 0 aromatic heterocycles. The monoisotopic (exact) mass is 158 g/mol. The maximum absolute atomic E-state index is 5.81. The highest BCUT2D eigenvalue weighted by atomic mass is 16.6. The van der Waals surface area contributed by atoms with E-state index >= 15 is 0 Å². The second kappa shape index (κ2) is 3.11. The molecule has 0 atom stereocenters. The topological polar surface area (TPSA) is 18.5 Å². The first-order chi connectivity index (χ1) is 5.07. The molecule has 1 fully saturated rings. The molecule has 11 heavy (non-hydrogen) atoms. The van der Waals surface area contributed by atoms with Crippen LogP contribution in [0.25, 0.3) is 0 Å². The normalized spacial score (nSPS) is 22.4. The van der Waals surface area contributed by atoms with Gasteiger partial charge in [0.15, 0.2) is 0 Å². The molecule has 1 aliphatic rings. The smallest absolute Gasteiger partial charge is 0.117 e. The minimum atomic E-state index is 0.0220. The van der Waals surface area contributed by atoms with Crippen molar-refractivity contribution in [3.05, 3.63) is 0 Å². The second-order valence-electron chi connectivity index (χ2n) is 3.88. The molecule has 1 rings (SSSR count). The summed E-state index contributed by atoms with van der Waals surface area (Å²) in [6.45, 7) is 10.0. The minimum absolute atomic E-state index is 0.0220. The van der Waals surface area contributed by atoms with Gasteiger partial charge in [0.1, 0.15) is 5.60 Å². The van der Waals surface area contributed by atoms with Crippen molar-refractivity contribution in [2.24, 2.45) is 5.92 Å². The number of hydrogen-bond donors (Lipinski definition) is 0. The molecule has 0 aromatic rings. The van der Waals surface area contributed by atoms with Crippen LogP contribution < -0.4 is 0 Å². The van der Waals surface area contributed by atoms with E-state index < -0.39 is 0 Å². The maximum Gasteiger partial charge on any atom is 0.117 e. The van der Waals surface area contributed by atoms with Crippen LogP contribution in [-0.2, 0) is 9.47 Å². The largest absolute Gasteiger partial charge is 0.375 e. The lowest BCUT2D eigenvalue weighted by molar-refractivity contribution is -0.245. The third-order valence-corrected chi connectivity index (χ3v) is 2.22. The summed E-state index contributed by atoms with van der Waals surface area (Å²) in [7, 11) is 0. The molecule has 0 aliphatic carbocycles. The summed E-state index contributed by atoms with van der Waals surface area (Å²) in [4.78, 5) is 0. The Morgan fingerprint density at radius 2 is 1.73 bits per heavy atom. The first kappa shape index (κ1) is 9.01. The molecule has 2 heteroatoms. The van der Waals surface area contributed by atoms with Crippen LogP contribution >= 0.6 is 0 Å². The summed E-state index contributed by atoms with van der Waals surface area (Å²) in [5.41, 5.74) is 0.0220. The van der Waals surface area contributed by atoms with Crippen molar-refractivity contribution in [1.82, 2.24) is 0 Å². The van der Waals surface area contributed by atoms with Crippen LogP contribution in [0.5, 0.6) is 0 Å². The van der Waals surface area contributed by atoms with Gasteiger partial charge >= 0.3 is 0 Å². The van der Waals surface area contributed by atoms with Gasteiger partial charge < -0.3 is 9.47 Å². The Bertz CT molecular complexity index is 126. The lowest BCUT2D eigenvalue weighted by atomic mass is 9.88. The van der Waals surface area contributed by atoms with Crippen LogP contribution in [0.2, 0.25) is 0 Å². The fraction of sp³-hybridized carbons (Fsp3) is 1.00. The highest BCUT2D eigenvalue weighted by Crippen LogP contribution is 2.31. The zero-order valence-corrected chi connectivity index (χ0v) is 7.89. The predicted molar refractivity (Wildman–Crippen MR) is 44.6 cm³/mol. The zero-order valence-electron chi connectivity index (χ0n) is 7.89. The van der Waals surface area contributed by atoms with Crippen LogP contribution in [0.3, 0.4) is 0 Å². The third kappa shape index (κ3) is 1.74. The molecule has 0 N–H and O–H groups in total. The summed E-state index contributed by atoms with van der Waals surface area (Å²) in [6.07, 6.45) is 0.307. The highest BCUT2D eigenvalue weighted by Gasteiger charge is 2.43. The summed E-state index contributed by atoms with van der Waals surface area (Å²) in [6, 6.07) is 0. The lowest BCUT2D eigenvalue weighted by Gasteiger charge is -2.45. The Hall–Kier alpha value is -0.0800. The molecule has 0 unspecified atom stereocenters. The van der Waals surface area contributed by atoms with E-state index in [2.05, 4.69) is 27.7 Å². The van der Waals surface area contributed by atoms with Gasteiger partial charge in [-0.3, -0.25) is 0 Å². The minimum Gasteiger partial charge on any atom is -0.375 e. The SMILES string of the molecule is CC(C)OC1(C(C)C)COC1. The standard InChI is InChI=1S/C9H18O2/c1-7(2)9(5-10-6-9)11-8(3)4/h7-8H,5-6H2,1-4H3. The van der Waals surface area contributed by atoms with Gasteiger partial charge in [-0.1, -0.05) is 13.8 Å². The number of rotatable bonds is 3. The van der Waals surface area contributed by atoms with Gasteiger partial charge in [0.05, 0.1) is 19.3 Å². The molecular formula is C9H18O2. The Balaban J connectivity index is 2.47. The number of hydrogen-bond acceptors (Lipinski definition) is 2. The van der Waals surface area contributed by atoms with E-state index in [-0.39, 0.29) is 5.60 Å². The Morgan fingerprint density at radius 3 is 1.82 bits per heavy atom. The molecule has 66 valence electrons. The van der Waals surface area contributed by atoms with Crippen molar-refractivity contribution in [2.45, 2.75) is 39.4 Å². The quantitative estimate of drug-likeness (QED) is 0.624. The van der Waals surface area contributed by atoms with Crippen LogP contribution in [0.1, 0.15) is 27.7 Å². The summed E-state index contributed by atoms with van der Waals surface area (Å²) in [5.74, 6) is 0.554. The Morgan fingerprint density at radius 1 is 1.18 bits per heavy atom. The summed E-state index contributed by atoms with van der Waals surface area (Å²) in [5, 5.41) is 0. The number of ether oxygens (including phenoxy) is 2. The first-order valence-corrected chi connectivity index (χ1v) is 4.32. The van der Waals surface area contributed by atoms with Crippen molar-refractivity contribution in [2.75, 3.05) is 13.2 Å². The van der Waals surface area contributed by atoms with Gasteiger partial charge in [-0.25, -0.2) is 0 Å². The van der Waals surface area contributed by atoms with Crippen LogP contribution in [-0.4, -0.2) is 24.9 Å². The summed E-state index contributed by atoms with van der Waals surface area (Å²) >= 11 is 0. The highest BCUT2D eigenvalue weighted by molar-refractivity contribution is 4.91. The maximum atomic E-state index is 5.81. The first-order valence-electron chi connectivity index (χ1n) is 4.32. The van der Waals surface area contributed by atoms with E-state index in [0.29, 0.717) is 12.0 Å². The average Bonchev–Trinajstić information content (AvgIpc) is 1.77. The molecule has 1 heterocycles. The van der Waals surface area contributed by atoms with E-state index in [1.807, 2.05) is 0 Å². The van der Waals surface area contributed by atoms with Crippen molar-refractivity contribution in [3.63, 3.8) is 0 Å². The van der Waals surface area contributed by atoms with E-state index in [4.69, 9.17) is 9.47 Å². The van der Waals surface area contributed by atoms with Crippen LogP contribution in [0.15, 0.2) is 0 Å². The fourth-order valence-corrected chi connectivity index (χ4v) is 1.31. The van der Waals surface area contributed by atoms with Crippen molar-refractivity contribution < 1.29 is 9.47 Å². The van der Waals surface area contributed by atoms with Gasteiger partial charge in [0.25, 0.3) is 0 Å². The van der Waals surface area contributed by atoms with Gasteiger partial charge in [-0.05, 0) is 19.8 Å². The predicted octanol–water partition coefficient (Wildman–Crippen LogP) is 1.84. The molecular weight excluding hydrogens is 140 g/mol. The van der Waals surface area contributed by atoms with Crippen molar-refractivity contribution >= 4 is 0 Å². The average molecular weight is 158 g/mol. The van der Waals surface area contributed by atoms with Crippen LogP contribution in [0, 0.1) is 5.92 Å². The Kier molecular flexibility index (Phi) is 2.55. The zero-order chi connectivity index (χ0) is 8.48. The lowest BCUT2D eigenvalue weighted by Crippen LogP contribution is -2.56. The summed E-state index contributed by atoms with van der Waals surface area (Å²) < 4.78 is 11.0. The van der Waals surface area contributed by atoms with Gasteiger partial charge in [-0.2, -0.15) is 0 Å². The third-order valence-electron chi connectivity index (χ3n) is 2.22. The van der Waals surface area contributed by atoms with E-state index in [9.17, 15) is 0 Å². The van der Waals surface area contributed by atoms with Crippen molar-refractivity contribution in [3.8, 4) is 0 Å². The molecule has 1 saturated heterocycles. The molecule has 0 radical (unpaired) electrons. The van der Waals surface area contributed by atoms with E-state index in [1.54, 1.807) is 0 Å².